The molecule has 1 aliphatic rings. The van der Waals surface area contributed by atoms with Crippen LogP contribution in [0, 0.1) is 11.8 Å². The molecule has 0 radical (unpaired) electrons. The highest BCUT2D eigenvalue weighted by atomic mass is 16.5. The van der Waals surface area contributed by atoms with Gasteiger partial charge in [-0.2, -0.15) is 0 Å². The number of hydrogen-bond acceptors (Lipinski definition) is 5. The molecule has 0 heterocycles. The van der Waals surface area contributed by atoms with Crippen molar-refractivity contribution in [1.29, 1.82) is 0 Å². The second kappa shape index (κ2) is 9.45. The van der Waals surface area contributed by atoms with Crippen molar-refractivity contribution in [3.63, 3.8) is 0 Å². The molecule has 0 aromatic heterocycles. The number of carbonyl (C=O) groups excluding carboxylic acids is 3. The zero-order valence-electron chi connectivity index (χ0n) is 19.2. The maximum Gasteiger partial charge on any atom is 0.278 e. The largest absolute Gasteiger partial charge is 0.357 e. The lowest BCUT2D eigenvalue weighted by molar-refractivity contribution is -0.148. The van der Waals surface area contributed by atoms with Gasteiger partial charge in [-0.15, -0.1) is 0 Å². The van der Waals surface area contributed by atoms with Crippen LogP contribution in [-0.4, -0.2) is 54.5 Å². The molecule has 0 bridgehead atoms. The van der Waals surface area contributed by atoms with E-state index >= 15 is 0 Å². The summed E-state index contributed by atoms with van der Waals surface area (Å²) in [6, 6.07) is 14.7. The van der Waals surface area contributed by atoms with Gasteiger partial charge in [-0.05, 0) is 68.8 Å². The lowest BCUT2D eigenvalue weighted by Crippen LogP contribution is -2.64. The number of carbonyl (C=O) groups is 3. The van der Waals surface area contributed by atoms with Gasteiger partial charge < -0.3 is 15.5 Å². The van der Waals surface area contributed by atoms with Gasteiger partial charge in [0.15, 0.2) is 5.54 Å². The number of rotatable bonds is 6. The summed E-state index contributed by atoms with van der Waals surface area (Å²) in [6.45, 7) is 1.25. The van der Waals surface area contributed by atoms with Gasteiger partial charge in [-0.25, -0.2) is 5.48 Å². The highest BCUT2D eigenvalue weighted by molar-refractivity contribution is 6.12. The van der Waals surface area contributed by atoms with E-state index in [4.69, 9.17) is 5.21 Å². The molecular formula is C25H28N4O4. The van der Waals surface area contributed by atoms with E-state index in [1.807, 2.05) is 19.2 Å². The predicted molar refractivity (Wildman–Crippen MR) is 123 cm³/mol. The Balaban J connectivity index is 1.74. The van der Waals surface area contributed by atoms with Crippen LogP contribution >= 0.6 is 0 Å². The Morgan fingerprint density at radius 2 is 1.45 bits per heavy atom. The fraction of sp³-hybridized carbons (Fsp3) is 0.320. The van der Waals surface area contributed by atoms with Gasteiger partial charge in [0.05, 0.1) is 0 Å². The van der Waals surface area contributed by atoms with Gasteiger partial charge in [-0.1, -0.05) is 24.0 Å². The van der Waals surface area contributed by atoms with Crippen LogP contribution in [0.1, 0.15) is 46.8 Å². The zero-order valence-corrected chi connectivity index (χ0v) is 19.2. The summed E-state index contributed by atoms with van der Waals surface area (Å²) in [6.07, 6.45) is 2.28. The summed E-state index contributed by atoms with van der Waals surface area (Å²) < 4.78 is 0. The average Bonchev–Trinajstić information content (AvgIpc) is 3.67. The van der Waals surface area contributed by atoms with Crippen LogP contribution in [0.2, 0.25) is 0 Å². The Labute approximate surface area is 193 Å². The first-order chi connectivity index (χ1) is 15.7. The maximum absolute atomic E-state index is 12.9. The SMILES string of the molecule is CNC(=O)C(C)(C(=O)NO)N(C)C(=O)c1ccc(C#Cc2ccc(C3(NC)CC3)cc2)cc1. The van der Waals surface area contributed by atoms with Crippen LogP contribution in [0.4, 0.5) is 0 Å². The first kappa shape index (κ1) is 24.0. The third kappa shape index (κ3) is 4.60. The number of nitrogens with zero attached hydrogens (tertiary/aromatic N) is 1. The van der Waals surface area contributed by atoms with Crippen LogP contribution < -0.4 is 16.1 Å². The van der Waals surface area contributed by atoms with Gasteiger partial charge in [0.25, 0.3) is 17.7 Å². The van der Waals surface area contributed by atoms with E-state index in [2.05, 4.69) is 34.6 Å². The molecule has 172 valence electrons. The quantitative estimate of drug-likeness (QED) is 0.231. The van der Waals surface area contributed by atoms with Crippen molar-refractivity contribution in [1.82, 2.24) is 21.0 Å². The second-order valence-electron chi connectivity index (χ2n) is 8.19. The van der Waals surface area contributed by atoms with Crippen LogP contribution in [0.3, 0.4) is 0 Å². The predicted octanol–water partition coefficient (Wildman–Crippen LogP) is 1.38. The highest BCUT2D eigenvalue weighted by Crippen LogP contribution is 2.44. The first-order valence-corrected chi connectivity index (χ1v) is 10.6. The summed E-state index contributed by atoms with van der Waals surface area (Å²) in [5.74, 6) is 3.88. The summed E-state index contributed by atoms with van der Waals surface area (Å²) in [5, 5.41) is 14.8. The molecule has 3 amide bonds. The van der Waals surface area contributed by atoms with Crippen molar-refractivity contribution < 1.29 is 19.6 Å². The molecule has 8 nitrogen and oxygen atoms in total. The molecule has 1 atom stereocenters. The lowest BCUT2D eigenvalue weighted by atomic mass is 9.96. The highest BCUT2D eigenvalue weighted by Gasteiger charge is 2.47. The van der Waals surface area contributed by atoms with E-state index in [0.717, 1.165) is 23.3 Å². The monoisotopic (exact) mass is 448 g/mol. The summed E-state index contributed by atoms with van der Waals surface area (Å²) >= 11 is 0. The first-order valence-electron chi connectivity index (χ1n) is 10.6. The summed E-state index contributed by atoms with van der Waals surface area (Å²) in [5.41, 5.74) is 2.78. The molecule has 2 aromatic rings. The molecule has 3 rings (SSSR count). The van der Waals surface area contributed by atoms with Crippen LogP contribution in [0.5, 0.6) is 0 Å². The minimum atomic E-state index is -1.93. The number of likely N-dealkylation sites (N-methyl/N-ethyl adjacent to an activating group) is 2. The molecule has 2 aromatic carbocycles. The van der Waals surface area contributed by atoms with Crippen LogP contribution in [-0.2, 0) is 15.1 Å². The number of hydroxylamine groups is 1. The normalized spacial score (nSPS) is 15.3. The third-order valence-electron chi connectivity index (χ3n) is 6.34. The van der Waals surface area contributed by atoms with Crippen molar-refractivity contribution in [3.05, 3.63) is 70.8 Å². The van der Waals surface area contributed by atoms with Crippen molar-refractivity contribution in [2.24, 2.45) is 0 Å². The standard InChI is InChI=1S/C25H28N4O4/c1-24(22(31)26-2,23(32)28-33)29(4)21(30)19-11-7-17(8-12-19)5-6-18-9-13-20(14-10-18)25(27-3)15-16-25/h7-14,27,33H,15-16H2,1-4H3,(H,26,31)(H,28,32). The van der Waals surface area contributed by atoms with Crippen molar-refractivity contribution >= 4 is 17.7 Å². The van der Waals surface area contributed by atoms with Gasteiger partial charge >= 0.3 is 0 Å². The Morgan fingerprint density at radius 1 is 0.939 bits per heavy atom. The number of nitrogens with one attached hydrogen (secondary N) is 3. The zero-order chi connectivity index (χ0) is 24.2. The number of amides is 3. The smallest absolute Gasteiger partial charge is 0.278 e. The van der Waals surface area contributed by atoms with E-state index in [-0.39, 0.29) is 11.1 Å². The minimum absolute atomic E-state index is 0.118. The molecule has 1 saturated carbocycles. The Hall–Kier alpha value is -3.67. The fourth-order valence-corrected chi connectivity index (χ4v) is 3.68. The van der Waals surface area contributed by atoms with E-state index in [1.165, 1.54) is 32.1 Å². The third-order valence-corrected chi connectivity index (χ3v) is 6.34. The van der Waals surface area contributed by atoms with Crippen LogP contribution in [0.25, 0.3) is 0 Å². The molecule has 8 heteroatoms. The molecule has 1 fully saturated rings. The minimum Gasteiger partial charge on any atom is -0.357 e. The van der Waals surface area contributed by atoms with Gasteiger partial charge in [0.1, 0.15) is 0 Å². The summed E-state index contributed by atoms with van der Waals surface area (Å²) in [7, 11) is 4.65. The second-order valence-corrected chi connectivity index (χ2v) is 8.19. The Morgan fingerprint density at radius 3 is 1.88 bits per heavy atom. The van der Waals surface area contributed by atoms with Gasteiger partial charge in [0, 0.05) is 36.3 Å². The Kier molecular flexibility index (Phi) is 6.86. The molecule has 0 saturated heterocycles. The molecule has 0 spiro atoms. The van der Waals surface area contributed by atoms with Gasteiger partial charge in [0.2, 0.25) is 0 Å². The molecular weight excluding hydrogens is 420 g/mol. The van der Waals surface area contributed by atoms with Gasteiger partial charge in [-0.3, -0.25) is 19.6 Å². The molecule has 4 N–H and O–H groups in total. The molecule has 33 heavy (non-hydrogen) atoms. The topological polar surface area (TPSA) is 111 Å². The number of hydrogen-bond donors (Lipinski definition) is 4. The average molecular weight is 449 g/mol. The van der Waals surface area contributed by atoms with E-state index < -0.39 is 23.3 Å². The van der Waals surface area contributed by atoms with E-state index in [0.29, 0.717) is 5.56 Å². The Bertz CT molecular complexity index is 1090. The number of benzene rings is 2. The molecule has 0 aliphatic heterocycles. The summed E-state index contributed by atoms with van der Waals surface area (Å²) in [4.78, 5) is 38.3. The van der Waals surface area contributed by atoms with Crippen molar-refractivity contribution in [2.45, 2.75) is 30.8 Å². The van der Waals surface area contributed by atoms with E-state index in [1.54, 1.807) is 24.3 Å². The maximum atomic E-state index is 12.9. The lowest BCUT2D eigenvalue weighted by Gasteiger charge is -2.34. The van der Waals surface area contributed by atoms with E-state index in [9.17, 15) is 14.4 Å². The van der Waals surface area contributed by atoms with Crippen molar-refractivity contribution in [2.75, 3.05) is 21.1 Å². The molecule has 1 unspecified atom stereocenters. The van der Waals surface area contributed by atoms with Crippen molar-refractivity contribution in [3.8, 4) is 11.8 Å². The molecule has 1 aliphatic carbocycles. The van der Waals surface area contributed by atoms with Crippen LogP contribution in [0.15, 0.2) is 48.5 Å². The fourth-order valence-electron chi connectivity index (χ4n) is 3.68.